The third kappa shape index (κ3) is 3.15. The molecule has 0 fully saturated rings. The Hall–Kier alpha value is -2.92. The molecule has 0 spiro atoms. The fraction of sp³-hybridized carbons (Fsp3) is 0.143. The molecule has 27 heavy (non-hydrogen) atoms. The predicted molar refractivity (Wildman–Crippen MR) is 105 cm³/mol. The maximum Gasteiger partial charge on any atom is 0.259 e. The van der Waals surface area contributed by atoms with E-state index in [2.05, 4.69) is 0 Å². The number of aryl methyl sites for hydroxylation is 1. The largest absolute Gasteiger partial charge is 0.308 e. The SMILES string of the molecule is Cc1cc(=O)n2cc(-c3ccc(Cl)cc3)nc2n1C(C)c1cccc(F)c1. The number of fused-ring (bicyclic) bond motifs is 1. The molecule has 0 amide bonds. The average molecular weight is 382 g/mol. The van der Waals surface area contributed by atoms with Crippen LogP contribution in [0.5, 0.6) is 0 Å². The quantitative estimate of drug-likeness (QED) is 0.507. The molecule has 0 saturated carbocycles. The first-order chi connectivity index (χ1) is 12.9. The molecule has 0 N–H and O–H groups in total. The van der Waals surface area contributed by atoms with E-state index in [9.17, 15) is 9.18 Å². The fourth-order valence-electron chi connectivity index (χ4n) is 3.33. The summed E-state index contributed by atoms with van der Waals surface area (Å²) in [5.74, 6) is 0.223. The van der Waals surface area contributed by atoms with Gasteiger partial charge in [-0.15, -0.1) is 0 Å². The summed E-state index contributed by atoms with van der Waals surface area (Å²) in [6, 6.07) is 15.1. The van der Waals surface area contributed by atoms with Crippen LogP contribution in [0.25, 0.3) is 17.0 Å². The third-order valence-corrected chi connectivity index (χ3v) is 4.96. The van der Waals surface area contributed by atoms with E-state index >= 15 is 0 Å². The summed E-state index contributed by atoms with van der Waals surface area (Å²) in [5.41, 5.74) is 2.95. The van der Waals surface area contributed by atoms with Crippen molar-refractivity contribution in [1.29, 1.82) is 0 Å². The standard InChI is InChI=1S/C21H17ClFN3O/c1-13-10-20(27)25-12-19(15-6-8-17(22)9-7-15)24-21(25)26(13)14(2)16-4-3-5-18(23)11-16/h3-12,14H,1-2H3. The molecule has 4 aromatic rings. The Bertz CT molecular complexity index is 1190. The van der Waals surface area contributed by atoms with Crippen LogP contribution in [0.1, 0.15) is 24.2 Å². The summed E-state index contributed by atoms with van der Waals surface area (Å²) in [4.78, 5) is 17.2. The van der Waals surface area contributed by atoms with Gasteiger partial charge >= 0.3 is 0 Å². The van der Waals surface area contributed by atoms with Crippen molar-refractivity contribution in [3.63, 3.8) is 0 Å². The highest BCUT2D eigenvalue weighted by Crippen LogP contribution is 2.25. The summed E-state index contributed by atoms with van der Waals surface area (Å²) in [6.45, 7) is 3.82. The Morgan fingerprint density at radius 3 is 2.56 bits per heavy atom. The van der Waals surface area contributed by atoms with Gasteiger partial charge in [-0.25, -0.2) is 9.37 Å². The van der Waals surface area contributed by atoms with Crippen LogP contribution in [0.3, 0.4) is 0 Å². The van der Waals surface area contributed by atoms with Gasteiger partial charge in [0.15, 0.2) is 0 Å². The molecule has 1 unspecified atom stereocenters. The molecule has 4 rings (SSSR count). The van der Waals surface area contributed by atoms with E-state index in [-0.39, 0.29) is 17.4 Å². The van der Waals surface area contributed by atoms with Crippen molar-refractivity contribution in [2.75, 3.05) is 0 Å². The lowest BCUT2D eigenvalue weighted by Gasteiger charge is -2.20. The number of halogens is 2. The van der Waals surface area contributed by atoms with Crippen LogP contribution in [0.4, 0.5) is 4.39 Å². The number of benzene rings is 2. The molecule has 0 aliphatic heterocycles. The van der Waals surface area contributed by atoms with Crippen molar-refractivity contribution >= 4 is 17.4 Å². The first-order valence-corrected chi connectivity index (χ1v) is 8.94. The van der Waals surface area contributed by atoms with Gasteiger partial charge in [0, 0.05) is 28.5 Å². The summed E-state index contributed by atoms with van der Waals surface area (Å²) in [5, 5.41) is 0.637. The Balaban J connectivity index is 1.92. The fourth-order valence-corrected chi connectivity index (χ4v) is 3.46. The Morgan fingerprint density at radius 1 is 1.11 bits per heavy atom. The van der Waals surface area contributed by atoms with Crippen LogP contribution in [-0.4, -0.2) is 14.0 Å². The minimum Gasteiger partial charge on any atom is -0.308 e. The Labute approximate surface area is 160 Å². The van der Waals surface area contributed by atoms with Gasteiger partial charge in [-0.2, -0.15) is 0 Å². The van der Waals surface area contributed by atoms with E-state index in [1.807, 2.05) is 36.6 Å². The number of nitrogens with zero attached hydrogens (tertiary/aromatic N) is 3. The molecule has 2 aromatic carbocycles. The Kier molecular flexibility index (Phi) is 4.32. The molecule has 2 aromatic heterocycles. The second-order valence-electron chi connectivity index (χ2n) is 6.53. The van der Waals surface area contributed by atoms with Gasteiger partial charge in [0.05, 0.1) is 11.7 Å². The molecule has 4 nitrogen and oxygen atoms in total. The maximum absolute atomic E-state index is 13.7. The summed E-state index contributed by atoms with van der Waals surface area (Å²) in [6.07, 6.45) is 1.72. The molecule has 0 aliphatic carbocycles. The van der Waals surface area contributed by atoms with E-state index in [1.54, 1.807) is 30.5 Å². The van der Waals surface area contributed by atoms with Crippen molar-refractivity contribution < 1.29 is 4.39 Å². The van der Waals surface area contributed by atoms with Gasteiger partial charge < -0.3 is 4.57 Å². The van der Waals surface area contributed by atoms with Crippen molar-refractivity contribution in [3.8, 4) is 11.3 Å². The predicted octanol–water partition coefficient (Wildman–Crippen LogP) is 4.87. The van der Waals surface area contributed by atoms with Gasteiger partial charge in [-0.1, -0.05) is 35.9 Å². The van der Waals surface area contributed by atoms with Gasteiger partial charge in [-0.05, 0) is 43.7 Å². The molecule has 0 saturated heterocycles. The zero-order chi connectivity index (χ0) is 19.1. The summed E-state index contributed by atoms with van der Waals surface area (Å²) in [7, 11) is 0. The number of aromatic nitrogens is 3. The molecule has 136 valence electrons. The minimum atomic E-state index is -0.292. The highest BCUT2D eigenvalue weighted by Gasteiger charge is 2.17. The monoisotopic (exact) mass is 381 g/mol. The molecule has 0 radical (unpaired) electrons. The van der Waals surface area contributed by atoms with Crippen LogP contribution in [0.2, 0.25) is 5.02 Å². The lowest BCUT2D eigenvalue weighted by atomic mass is 10.1. The molecule has 0 bridgehead atoms. The van der Waals surface area contributed by atoms with Gasteiger partial charge in [0.1, 0.15) is 5.82 Å². The average Bonchev–Trinajstić information content (AvgIpc) is 3.07. The first kappa shape index (κ1) is 17.5. The minimum absolute atomic E-state index is 0.155. The topological polar surface area (TPSA) is 39.3 Å². The molecular formula is C21H17ClFN3O. The number of hydrogen-bond donors (Lipinski definition) is 0. The van der Waals surface area contributed by atoms with E-state index < -0.39 is 0 Å². The van der Waals surface area contributed by atoms with Crippen molar-refractivity contribution in [3.05, 3.63) is 93.2 Å². The van der Waals surface area contributed by atoms with Gasteiger partial charge in [-0.3, -0.25) is 9.20 Å². The summed E-state index contributed by atoms with van der Waals surface area (Å²) < 4.78 is 17.1. The van der Waals surface area contributed by atoms with Crippen LogP contribution < -0.4 is 5.56 Å². The van der Waals surface area contributed by atoms with Gasteiger partial charge in [0.25, 0.3) is 5.56 Å². The Morgan fingerprint density at radius 2 is 1.85 bits per heavy atom. The zero-order valence-electron chi connectivity index (χ0n) is 14.9. The lowest BCUT2D eigenvalue weighted by Crippen LogP contribution is -2.21. The highest BCUT2D eigenvalue weighted by molar-refractivity contribution is 6.30. The molecule has 1 atom stereocenters. The molecule has 0 aliphatic rings. The number of rotatable bonds is 3. The lowest BCUT2D eigenvalue weighted by molar-refractivity contribution is 0.595. The third-order valence-electron chi connectivity index (χ3n) is 4.71. The van der Waals surface area contributed by atoms with Crippen molar-refractivity contribution in [2.24, 2.45) is 0 Å². The molecule has 2 heterocycles. The number of hydrogen-bond acceptors (Lipinski definition) is 2. The molecular weight excluding hydrogens is 365 g/mol. The van der Waals surface area contributed by atoms with Crippen LogP contribution in [-0.2, 0) is 0 Å². The van der Waals surface area contributed by atoms with E-state index in [0.29, 0.717) is 16.5 Å². The van der Waals surface area contributed by atoms with E-state index in [1.165, 1.54) is 16.5 Å². The van der Waals surface area contributed by atoms with Crippen molar-refractivity contribution in [1.82, 2.24) is 14.0 Å². The first-order valence-electron chi connectivity index (χ1n) is 8.56. The van der Waals surface area contributed by atoms with E-state index in [0.717, 1.165) is 16.8 Å². The van der Waals surface area contributed by atoms with Crippen LogP contribution >= 0.6 is 11.6 Å². The summed E-state index contributed by atoms with van der Waals surface area (Å²) >= 11 is 5.96. The number of imidazole rings is 1. The molecule has 6 heteroatoms. The smallest absolute Gasteiger partial charge is 0.259 e. The van der Waals surface area contributed by atoms with Crippen LogP contribution in [0, 0.1) is 12.7 Å². The van der Waals surface area contributed by atoms with Crippen LogP contribution in [0.15, 0.2) is 65.6 Å². The van der Waals surface area contributed by atoms with E-state index in [4.69, 9.17) is 16.6 Å². The van der Waals surface area contributed by atoms with Gasteiger partial charge in [0.2, 0.25) is 5.78 Å². The normalized spacial score (nSPS) is 12.4. The second kappa shape index (κ2) is 6.67. The highest BCUT2D eigenvalue weighted by atomic mass is 35.5. The zero-order valence-corrected chi connectivity index (χ0v) is 15.6. The second-order valence-corrected chi connectivity index (χ2v) is 6.96. The maximum atomic E-state index is 13.7. The van der Waals surface area contributed by atoms with Crippen molar-refractivity contribution in [2.45, 2.75) is 19.9 Å².